The topological polar surface area (TPSA) is 90.2 Å². The standard InChI is InChI=1S/C31H32N2O6/c1-37-29-18-22(8-9-25(29)21-39-31(36)30(34)35)20-33-27-7-3-2-6-24(27)19-28(33)23-10-12-26(13-11-23)38-17-16-32-14-4-5-15-32/h2-3,6-13,18-19H,4-5,14-17,20-21H2,1H3,(H,34,35). The van der Waals surface area contributed by atoms with E-state index in [-0.39, 0.29) is 6.61 Å². The largest absolute Gasteiger partial charge is 0.496 e. The van der Waals surface area contributed by atoms with E-state index < -0.39 is 11.9 Å². The summed E-state index contributed by atoms with van der Waals surface area (Å²) < 4.78 is 18.6. The van der Waals surface area contributed by atoms with Crippen molar-refractivity contribution in [2.75, 3.05) is 33.4 Å². The Labute approximate surface area is 227 Å². The van der Waals surface area contributed by atoms with Crippen LogP contribution in [0.5, 0.6) is 11.5 Å². The van der Waals surface area contributed by atoms with Crippen LogP contribution in [-0.4, -0.2) is 59.9 Å². The maximum absolute atomic E-state index is 11.3. The molecule has 1 aliphatic rings. The molecule has 1 aromatic heterocycles. The Morgan fingerprint density at radius 2 is 1.72 bits per heavy atom. The first kappa shape index (κ1) is 26.3. The molecule has 3 aromatic carbocycles. The lowest BCUT2D eigenvalue weighted by atomic mass is 10.1. The Kier molecular flexibility index (Phi) is 8.13. The third-order valence-electron chi connectivity index (χ3n) is 7.06. The van der Waals surface area contributed by atoms with Gasteiger partial charge < -0.3 is 23.9 Å². The molecule has 8 nitrogen and oxygen atoms in total. The number of hydrogen-bond acceptors (Lipinski definition) is 6. The van der Waals surface area contributed by atoms with E-state index in [4.69, 9.17) is 19.3 Å². The summed E-state index contributed by atoms with van der Waals surface area (Å²) in [6.07, 6.45) is 2.56. The molecule has 8 heteroatoms. The maximum atomic E-state index is 11.3. The van der Waals surface area contributed by atoms with Crippen LogP contribution in [-0.2, 0) is 27.5 Å². The monoisotopic (exact) mass is 528 g/mol. The van der Waals surface area contributed by atoms with Crippen molar-refractivity contribution in [1.29, 1.82) is 0 Å². The molecule has 0 unspecified atom stereocenters. The maximum Gasteiger partial charge on any atom is 0.417 e. The van der Waals surface area contributed by atoms with Crippen molar-refractivity contribution in [2.24, 2.45) is 0 Å². The number of likely N-dealkylation sites (tertiary alicyclic amines) is 1. The van der Waals surface area contributed by atoms with Gasteiger partial charge in [0.15, 0.2) is 0 Å². The highest BCUT2D eigenvalue weighted by atomic mass is 16.6. The molecule has 4 aromatic rings. The van der Waals surface area contributed by atoms with Crippen LogP contribution in [0.15, 0.2) is 72.8 Å². The minimum Gasteiger partial charge on any atom is -0.496 e. The lowest BCUT2D eigenvalue weighted by molar-refractivity contribution is -0.164. The van der Waals surface area contributed by atoms with E-state index in [2.05, 4.69) is 39.8 Å². The Morgan fingerprint density at radius 1 is 0.949 bits per heavy atom. The molecular weight excluding hydrogens is 496 g/mol. The van der Waals surface area contributed by atoms with Gasteiger partial charge in [-0.2, -0.15) is 0 Å². The van der Waals surface area contributed by atoms with Crippen LogP contribution in [0, 0.1) is 0 Å². The summed E-state index contributed by atoms with van der Waals surface area (Å²) in [7, 11) is 1.53. The Morgan fingerprint density at radius 3 is 2.46 bits per heavy atom. The predicted octanol–water partition coefficient (Wildman–Crippen LogP) is 4.97. The molecule has 0 amide bonds. The number of carbonyl (C=O) groups excluding carboxylic acids is 1. The van der Waals surface area contributed by atoms with Crippen LogP contribution in [0.2, 0.25) is 0 Å². The molecule has 1 aliphatic heterocycles. The summed E-state index contributed by atoms with van der Waals surface area (Å²) in [6, 6.07) is 24.3. The number of ether oxygens (including phenoxy) is 3. The number of fused-ring (bicyclic) bond motifs is 1. The van der Waals surface area contributed by atoms with Crippen LogP contribution >= 0.6 is 0 Å². The summed E-state index contributed by atoms with van der Waals surface area (Å²) in [6.45, 7) is 4.38. The molecule has 0 atom stereocenters. The van der Waals surface area contributed by atoms with Gasteiger partial charge in [-0.1, -0.05) is 30.3 Å². The summed E-state index contributed by atoms with van der Waals surface area (Å²) in [5, 5.41) is 9.90. The van der Waals surface area contributed by atoms with Gasteiger partial charge >= 0.3 is 11.9 Å². The predicted molar refractivity (Wildman–Crippen MR) is 148 cm³/mol. The fourth-order valence-electron chi connectivity index (χ4n) is 5.03. The summed E-state index contributed by atoms with van der Waals surface area (Å²) in [5.41, 5.74) is 4.86. The number of aliphatic carboxylic acids is 1. The number of hydrogen-bond donors (Lipinski definition) is 1. The third kappa shape index (κ3) is 6.23. The SMILES string of the molecule is COc1cc(Cn2c(-c3ccc(OCCN4CCCC4)cc3)cc3ccccc32)ccc1COC(=O)C(=O)O. The highest BCUT2D eigenvalue weighted by molar-refractivity contribution is 6.28. The van der Waals surface area contributed by atoms with Crippen molar-refractivity contribution in [2.45, 2.75) is 26.0 Å². The molecule has 1 saturated heterocycles. The van der Waals surface area contributed by atoms with Gasteiger partial charge in [-0.25, -0.2) is 9.59 Å². The van der Waals surface area contributed by atoms with Crippen molar-refractivity contribution in [1.82, 2.24) is 9.47 Å². The number of nitrogens with zero attached hydrogens (tertiary/aromatic N) is 2. The van der Waals surface area contributed by atoms with Crippen molar-refractivity contribution in [3.05, 3.63) is 83.9 Å². The van der Waals surface area contributed by atoms with Crippen molar-refractivity contribution in [3.8, 4) is 22.8 Å². The Bertz CT molecular complexity index is 1450. The number of esters is 1. The molecule has 0 spiro atoms. The fraction of sp³-hybridized carbons (Fsp3) is 0.290. The zero-order valence-corrected chi connectivity index (χ0v) is 22.0. The molecule has 0 aliphatic carbocycles. The van der Waals surface area contributed by atoms with E-state index in [1.807, 2.05) is 36.4 Å². The second kappa shape index (κ2) is 12.0. The number of carboxylic acids is 1. The molecule has 0 radical (unpaired) electrons. The van der Waals surface area contributed by atoms with E-state index >= 15 is 0 Å². The normalized spacial score (nSPS) is 13.5. The molecule has 1 fully saturated rings. The first-order valence-electron chi connectivity index (χ1n) is 13.1. The minimum absolute atomic E-state index is 0.182. The van der Waals surface area contributed by atoms with Crippen molar-refractivity contribution < 1.29 is 28.9 Å². The molecule has 1 N–H and O–H groups in total. The number of rotatable bonds is 10. The Balaban J connectivity index is 1.35. The number of aromatic nitrogens is 1. The highest BCUT2D eigenvalue weighted by Crippen LogP contribution is 2.31. The van der Waals surface area contributed by atoms with Gasteiger partial charge in [0.1, 0.15) is 24.7 Å². The van der Waals surface area contributed by atoms with Crippen LogP contribution < -0.4 is 9.47 Å². The number of para-hydroxylation sites is 1. The molecular formula is C31H32N2O6. The van der Waals surface area contributed by atoms with Crippen LogP contribution in [0.4, 0.5) is 0 Å². The number of benzene rings is 3. The molecule has 0 bridgehead atoms. The van der Waals surface area contributed by atoms with Crippen LogP contribution in [0.25, 0.3) is 22.2 Å². The van der Waals surface area contributed by atoms with Gasteiger partial charge in [0, 0.05) is 35.2 Å². The van der Waals surface area contributed by atoms with Gasteiger partial charge in [-0.05, 0) is 79.5 Å². The number of carbonyl (C=O) groups is 2. The zero-order chi connectivity index (χ0) is 27.2. The highest BCUT2D eigenvalue weighted by Gasteiger charge is 2.16. The first-order valence-corrected chi connectivity index (χ1v) is 13.1. The summed E-state index contributed by atoms with van der Waals surface area (Å²) >= 11 is 0. The quantitative estimate of drug-likeness (QED) is 0.230. The molecule has 202 valence electrons. The summed E-state index contributed by atoms with van der Waals surface area (Å²) in [4.78, 5) is 24.5. The lowest BCUT2D eigenvalue weighted by Crippen LogP contribution is -2.25. The van der Waals surface area contributed by atoms with Crippen LogP contribution in [0.1, 0.15) is 24.0 Å². The van der Waals surface area contributed by atoms with Gasteiger partial charge in [0.05, 0.1) is 7.11 Å². The molecule has 2 heterocycles. The second-order valence-corrected chi connectivity index (χ2v) is 9.62. The fourth-order valence-corrected chi connectivity index (χ4v) is 5.03. The van der Waals surface area contributed by atoms with Gasteiger partial charge in [-0.15, -0.1) is 0 Å². The van der Waals surface area contributed by atoms with E-state index in [1.54, 1.807) is 6.07 Å². The lowest BCUT2D eigenvalue weighted by Gasteiger charge is -2.16. The molecule has 5 rings (SSSR count). The van der Waals surface area contributed by atoms with Crippen molar-refractivity contribution >= 4 is 22.8 Å². The van der Waals surface area contributed by atoms with E-state index in [9.17, 15) is 9.59 Å². The summed E-state index contributed by atoms with van der Waals surface area (Å²) in [5.74, 6) is -1.53. The Hall–Kier alpha value is -4.30. The van der Waals surface area contributed by atoms with E-state index in [1.165, 1.54) is 33.0 Å². The van der Waals surface area contributed by atoms with Gasteiger partial charge in [0.2, 0.25) is 0 Å². The minimum atomic E-state index is -1.63. The van der Waals surface area contributed by atoms with E-state index in [0.29, 0.717) is 24.5 Å². The average Bonchev–Trinajstić information content (AvgIpc) is 3.61. The first-order chi connectivity index (χ1) is 19.0. The van der Waals surface area contributed by atoms with E-state index in [0.717, 1.165) is 40.0 Å². The zero-order valence-electron chi connectivity index (χ0n) is 22.0. The molecule has 39 heavy (non-hydrogen) atoms. The van der Waals surface area contributed by atoms with Crippen LogP contribution in [0.3, 0.4) is 0 Å². The van der Waals surface area contributed by atoms with Crippen molar-refractivity contribution in [3.63, 3.8) is 0 Å². The number of methoxy groups -OCH3 is 1. The van der Waals surface area contributed by atoms with Gasteiger partial charge in [-0.3, -0.25) is 4.90 Å². The smallest absolute Gasteiger partial charge is 0.417 e. The average molecular weight is 529 g/mol. The third-order valence-corrected chi connectivity index (χ3v) is 7.06. The number of carboxylic acid groups (broad SMARTS) is 1. The van der Waals surface area contributed by atoms with Gasteiger partial charge in [0.25, 0.3) is 0 Å². The molecule has 0 saturated carbocycles. The second-order valence-electron chi connectivity index (χ2n) is 9.62.